The molecule has 156 valence electrons. The Bertz CT molecular complexity index is 1370. The molecule has 0 N–H and O–H groups in total. The number of pyridine rings is 1. The van der Waals surface area contributed by atoms with Gasteiger partial charge < -0.3 is 4.74 Å². The molecule has 5 rings (SSSR count). The highest BCUT2D eigenvalue weighted by Crippen LogP contribution is 2.28. The van der Waals surface area contributed by atoms with E-state index in [2.05, 4.69) is 10.1 Å². The van der Waals surface area contributed by atoms with E-state index >= 15 is 0 Å². The molecule has 0 radical (unpaired) electrons. The predicted molar refractivity (Wildman–Crippen MR) is 111 cm³/mol. The van der Waals surface area contributed by atoms with Crippen molar-refractivity contribution in [2.45, 2.75) is 32.8 Å². The minimum Gasteiger partial charge on any atom is -0.454 e. The number of halogens is 1. The van der Waals surface area contributed by atoms with E-state index in [-0.39, 0.29) is 23.7 Å². The second-order valence-electron chi connectivity index (χ2n) is 7.61. The summed E-state index contributed by atoms with van der Waals surface area (Å²) in [5, 5.41) is 4.45. The van der Waals surface area contributed by atoms with Crippen molar-refractivity contribution < 1.29 is 13.9 Å². The van der Waals surface area contributed by atoms with Crippen molar-refractivity contribution in [3.63, 3.8) is 0 Å². The third-order valence-corrected chi connectivity index (χ3v) is 5.41. The average molecular weight is 418 g/mol. The van der Waals surface area contributed by atoms with Gasteiger partial charge in [0, 0.05) is 23.5 Å². The van der Waals surface area contributed by atoms with Gasteiger partial charge in [0.1, 0.15) is 18.1 Å². The van der Waals surface area contributed by atoms with Gasteiger partial charge in [-0.15, -0.1) is 0 Å². The number of nitrogens with zero attached hydrogens (tertiary/aromatic N) is 4. The lowest BCUT2D eigenvalue weighted by Crippen LogP contribution is -2.17. The summed E-state index contributed by atoms with van der Waals surface area (Å²) < 4.78 is 21.9. The zero-order chi connectivity index (χ0) is 21.5. The Morgan fingerprint density at radius 3 is 2.77 bits per heavy atom. The second-order valence-corrected chi connectivity index (χ2v) is 7.61. The Morgan fingerprint density at radius 1 is 1.16 bits per heavy atom. The van der Waals surface area contributed by atoms with E-state index in [1.807, 2.05) is 13.0 Å². The van der Waals surface area contributed by atoms with Crippen molar-refractivity contribution in [1.82, 2.24) is 19.2 Å². The summed E-state index contributed by atoms with van der Waals surface area (Å²) in [6.45, 7) is 1.77. The fourth-order valence-electron chi connectivity index (χ4n) is 3.94. The highest BCUT2D eigenvalue weighted by molar-refractivity contribution is 5.89. The van der Waals surface area contributed by atoms with Crippen LogP contribution >= 0.6 is 0 Å². The maximum atomic E-state index is 13.3. The van der Waals surface area contributed by atoms with Crippen LogP contribution in [0.25, 0.3) is 11.3 Å². The van der Waals surface area contributed by atoms with Gasteiger partial charge in [0.15, 0.2) is 5.69 Å². The quantitative estimate of drug-likeness (QED) is 0.476. The standard InChI is InChI=1S/C23H19FN4O3/c1-14-5-10-20-25-16(11-21(29)27(20)12-14)13-31-23(30)22-18-3-2-4-19(18)28(26-22)17-8-6-15(24)7-9-17/h5-12H,2-4,13H2,1H3. The summed E-state index contributed by atoms with van der Waals surface area (Å²) in [4.78, 5) is 29.5. The largest absolute Gasteiger partial charge is 0.454 e. The zero-order valence-corrected chi connectivity index (χ0v) is 16.8. The summed E-state index contributed by atoms with van der Waals surface area (Å²) in [6, 6.07) is 11.0. The molecule has 8 heteroatoms. The third-order valence-electron chi connectivity index (χ3n) is 5.41. The first kappa shape index (κ1) is 19.2. The number of esters is 1. The first-order valence-corrected chi connectivity index (χ1v) is 10.0. The van der Waals surface area contributed by atoms with Crippen LogP contribution in [0.1, 0.15) is 39.4 Å². The van der Waals surface area contributed by atoms with E-state index in [4.69, 9.17) is 4.74 Å². The lowest BCUT2D eigenvalue weighted by Gasteiger charge is -2.06. The lowest BCUT2D eigenvalue weighted by atomic mass is 10.2. The smallest absolute Gasteiger partial charge is 0.359 e. The van der Waals surface area contributed by atoms with Crippen LogP contribution in [0.2, 0.25) is 0 Å². The van der Waals surface area contributed by atoms with Gasteiger partial charge in [0.2, 0.25) is 0 Å². The van der Waals surface area contributed by atoms with Crippen molar-refractivity contribution >= 4 is 11.6 Å². The topological polar surface area (TPSA) is 78.5 Å². The summed E-state index contributed by atoms with van der Waals surface area (Å²) in [7, 11) is 0. The molecule has 0 amide bonds. The van der Waals surface area contributed by atoms with E-state index in [0.717, 1.165) is 36.1 Å². The van der Waals surface area contributed by atoms with Crippen LogP contribution in [0.5, 0.6) is 0 Å². The molecule has 0 spiro atoms. The molecule has 31 heavy (non-hydrogen) atoms. The molecule has 1 aliphatic carbocycles. The normalized spacial score (nSPS) is 12.8. The number of fused-ring (bicyclic) bond motifs is 2. The molecule has 0 aliphatic heterocycles. The third kappa shape index (κ3) is 3.50. The zero-order valence-electron chi connectivity index (χ0n) is 16.8. The average Bonchev–Trinajstić information content (AvgIpc) is 3.36. The molecule has 0 saturated heterocycles. The van der Waals surface area contributed by atoms with E-state index in [1.54, 1.807) is 29.1 Å². The predicted octanol–water partition coefficient (Wildman–Crippen LogP) is 3.17. The Kier molecular flexibility index (Phi) is 4.62. The van der Waals surface area contributed by atoms with Crippen LogP contribution in [0.4, 0.5) is 4.39 Å². The van der Waals surface area contributed by atoms with E-state index in [0.29, 0.717) is 17.0 Å². The summed E-state index contributed by atoms with van der Waals surface area (Å²) in [6.07, 6.45) is 4.15. The first-order valence-electron chi connectivity index (χ1n) is 10.0. The Morgan fingerprint density at radius 2 is 1.97 bits per heavy atom. The number of aromatic nitrogens is 4. The molecule has 0 atom stereocenters. The van der Waals surface area contributed by atoms with Crippen LogP contribution in [0.15, 0.2) is 53.5 Å². The SMILES string of the molecule is Cc1ccc2nc(COC(=O)c3nn(-c4ccc(F)cc4)c4c3CCC4)cc(=O)n2c1. The molecule has 3 aromatic heterocycles. The number of carbonyl (C=O) groups excluding carboxylic acids is 1. The van der Waals surface area contributed by atoms with Gasteiger partial charge in [0.25, 0.3) is 5.56 Å². The van der Waals surface area contributed by atoms with Gasteiger partial charge in [-0.2, -0.15) is 5.10 Å². The monoisotopic (exact) mass is 418 g/mol. The molecule has 1 aromatic carbocycles. The van der Waals surface area contributed by atoms with Gasteiger partial charge in [-0.3, -0.25) is 9.20 Å². The van der Waals surface area contributed by atoms with Crippen molar-refractivity contribution in [1.29, 1.82) is 0 Å². The van der Waals surface area contributed by atoms with Crippen LogP contribution in [-0.4, -0.2) is 25.1 Å². The first-order chi connectivity index (χ1) is 15.0. The van der Waals surface area contributed by atoms with Crippen molar-refractivity contribution in [2.24, 2.45) is 0 Å². The maximum Gasteiger partial charge on any atom is 0.359 e. The number of carbonyl (C=O) groups is 1. The number of aryl methyl sites for hydroxylation is 1. The molecule has 0 bridgehead atoms. The molecule has 3 heterocycles. The van der Waals surface area contributed by atoms with Gasteiger partial charge in [-0.25, -0.2) is 18.9 Å². The maximum absolute atomic E-state index is 13.3. The van der Waals surface area contributed by atoms with Crippen molar-refractivity contribution in [2.75, 3.05) is 0 Å². The summed E-state index contributed by atoms with van der Waals surface area (Å²) in [5.41, 5.74) is 4.32. The van der Waals surface area contributed by atoms with Crippen LogP contribution < -0.4 is 5.56 Å². The summed E-state index contributed by atoms with van der Waals surface area (Å²) >= 11 is 0. The number of benzene rings is 1. The van der Waals surface area contributed by atoms with Crippen LogP contribution in [0, 0.1) is 12.7 Å². The summed E-state index contributed by atoms with van der Waals surface area (Å²) in [5.74, 6) is -0.897. The molecule has 4 aromatic rings. The Hall–Kier alpha value is -3.81. The fourth-order valence-corrected chi connectivity index (χ4v) is 3.94. The van der Waals surface area contributed by atoms with Gasteiger partial charge in [-0.05, 0) is 62.1 Å². The van der Waals surface area contributed by atoms with Crippen molar-refractivity contribution in [3.8, 4) is 5.69 Å². The molecule has 1 aliphatic rings. The lowest BCUT2D eigenvalue weighted by molar-refractivity contribution is 0.0459. The second kappa shape index (κ2) is 7.46. The van der Waals surface area contributed by atoms with Gasteiger partial charge in [0.05, 0.1) is 11.4 Å². The fraction of sp³-hybridized carbons (Fsp3) is 0.217. The number of ether oxygens (including phenoxy) is 1. The number of hydrogen-bond donors (Lipinski definition) is 0. The highest BCUT2D eigenvalue weighted by atomic mass is 19.1. The molecule has 0 fully saturated rings. The van der Waals surface area contributed by atoms with Gasteiger partial charge in [-0.1, -0.05) is 6.07 Å². The van der Waals surface area contributed by atoms with Crippen LogP contribution in [0.3, 0.4) is 0 Å². The molecule has 7 nitrogen and oxygen atoms in total. The van der Waals surface area contributed by atoms with Gasteiger partial charge >= 0.3 is 5.97 Å². The molecular weight excluding hydrogens is 399 g/mol. The molecular formula is C23H19FN4O3. The van der Waals surface area contributed by atoms with E-state index in [1.165, 1.54) is 22.6 Å². The Labute approximate surface area is 176 Å². The number of rotatable bonds is 4. The Balaban J connectivity index is 1.41. The number of hydrogen-bond acceptors (Lipinski definition) is 5. The van der Waals surface area contributed by atoms with Crippen LogP contribution in [-0.2, 0) is 24.2 Å². The minimum absolute atomic E-state index is 0.128. The van der Waals surface area contributed by atoms with E-state index < -0.39 is 5.97 Å². The minimum atomic E-state index is -0.565. The van der Waals surface area contributed by atoms with Crippen molar-refractivity contribution in [3.05, 3.63) is 93.0 Å². The highest BCUT2D eigenvalue weighted by Gasteiger charge is 2.28. The molecule has 0 saturated carbocycles. The van der Waals surface area contributed by atoms with E-state index in [9.17, 15) is 14.0 Å². The molecule has 0 unspecified atom stereocenters.